The number of hydrogen-bond acceptors (Lipinski definition) is 2. The highest BCUT2D eigenvalue weighted by atomic mass is 127. The average molecular weight is 454 g/mol. The van der Waals surface area contributed by atoms with Crippen LogP contribution in [0.25, 0.3) is 0 Å². The minimum atomic E-state index is -5.98. The Bertz CT molecular complexity index is 304. The van der Waals surface area contributed by atoms with Crippen LogP contribution in [0.4, 0.5) is 30.7 Å². The van der Waals surface area contributed by atoms with E-state index in [1.54, 1.807) is 6.92 Å². The molecule has 2 atom stereocenters. The summed E-state index contributed by atoms with van der Waals surface area (Å²) in [6, 6.07) is 0. The predicted molar refractivity (Wildman–Crippen MR) is 74.5 cm³/mol. The molecule has 0 radical (unpaired) electrons. The molecule has 0 aromatic carbocycles. The van der Waals surface area contributed by atoms with Gasteiger partial charge >= 0.3 is 12.4 Å². The van der Waals surface area contributed by atoms with Crippen LogP contribution in [0.15, 0.2) is 0 Å². The van der Waals surface area contributed by atoms with Crippen LogP contribution >= 0.6 is 22.6 Å². The molecule has 0 heterocycles. The van der Waals surface area contributed by atoms with Crippen molar-refractivity contribution in [3.63, 3.8) is 0 Å². The Morgan fingerprint density at radius 3 is 1.77 bits per heavy atom. The van der Waals surface area contributed by atoms with Crippen molar-refractivity contribution in [1.82, 2.24) is 0 Å². The third kappa shape index (κ3) is 6.73. The molecule has 0 bridgehead atoms. The van der Waals surface area contributed by atoms with Crippen LogP contribution in [0, 0.1) is 0 Å². The van der Waals surface area contributed by atoms with Gasteiger partial charge in [0.15, 0.2) is 6.29 Å². The Hall–Kier alpha value is 0.160. The maximum absolute atomic E-state index is 13.3. The third-order valence-electron chi connectivity index (χ3n) is 3.00. The molecular formula is C12H18F7IO2. The van der Waals surface area contributed by atoms with Gasteiger partial charge in [-0.05, 0) is 26.2 Å². The van der Waals surface area contributed by atoms with E-state index in [9.17, 15) is 35.8 Å². The molecule has 0 aromatic heterocycles. The van der Waals surface area contributed by atoms with Crippen molar-refractivity contribution in [3.05, 3.63) is 0 Å². The molecule has 0 saturated carbocycles. The van der Waals surface area contributed by atoms with Crippen LogP contribution in [0.1, 0.15) is 39.0 Å². The minimum absolute atomic E-state index is 0.0110. The molecule has 22 heavy (non-hydrogen) atoms. The monoisotopic (exact) mass is 454 g/mol. The molecular weight excluding hydrogens is 436 g/mol. The SMILES string of the molecule is CC(I)C(O)OCCCCCCC(F)(C(F)(F)F)C(F)(F)F. The van der Waals surface area contributed by atoms with Crippen LogP contribution in [-0.2, 0) is 4.74 Å². The lowest BCUT2D eigenvalue weighted by molar-refractivity contribution is -0.343. The van der Waals surface area contributed by atoms with Gasteiger partial charge in [0.05, 0.1) is 3.92 Å². The second kappa shape index (κ2) is 8.86. The molecule has 0 rings (SSSR count). The highest BCUT2D eigenvalue weighted by molar-refractivity contribution is 14.1. The van der Waals surface area contributed by atoms with Crippen LogP contribution in [0.3, 0.4) is 0 Å². The molecule has 1 N–H and O–H groups in total. The van der Waals surface area contributed by atoms with Gasteiger partial charge in [-0.3, -0.25) is 0 Å². The normalized spacial score (nSPS) is 16.6. The summed E-state index contributed by atoms with van der Waals surface area (Å²) in [5.41, 5.74) is -5.16. The first-order valence-electron chi connectivity index (χ1n) is 6.59. The van der Waals surface area contributed by atoms with E-state index < -0.39 is 37.2 Å². The van der Waals surface area contributed by atoms with E-state index in [0.717, 1.165) is 0 Å². The fraction of sp³-hybridized carbons (Fsp3) is 1.00. The van der Waals surface area contributed by atoms with E-state index in [-0.39, 0.29) is 23.4 Å². The van der Waals surface area contributed by atoms with Gasteiger partial charge in [0.1, 0.15) is 0 Å². The Morgan fingerprint density at radius 1 is 0.909 bits per heavy atom. The van der Waals surface area contributed by atoms with Gasteiger partial charge in [0.2, 0.25) is 0 Å². The first-order chi connectivity index (χ1) is 9.83. The zero-order valence-corrected chi connectivity index (χ0v) is 13.9. The number of alkyl halides is 8. The lowest BCUT2D eigenvalue weighted by Crippen LogP contribution is -2.53. The summed E-state index contributed by atoms with van der Waals surface area (Å²) >= 11 is 1.94. The fourth-order valence-corrected chi connectivity index (χ4v) is 1.81. The molecule has 0 saturated heterocycles. The topological polar surface area (TPSA) is 29.5 Å². The second-order valence-electron chi connectivity index (χ2n) is 4.90. The maximum Gasteiger partial charge on any atom is 0.431 e. The summed E-state index contributed by atoms with van der Waals surface area (Å²) in [5, 5.41) is 9.29. The Balaban J connectivity index is 4.08. The molecule has 0 amide bonds. The number of halogens is 8. The molecule has 0 spiro atoms. The van der Waals surface area contributed by atoms with Crippen molar-refractivity contribution >= 4 is 22.6 Å². The van der Waals surface area contributed by atoms with Crippen molar-refractivity contribution in [2.24, 2.45) is 0 Å². The number of ether oxygens (including phenoxy) is 1. The van der Waals surface area contributed by atoms with Crippen LogP contribution in [0.5, 0.6) is 0 Å². The Kier molecular flexibility index (Phi) is 8.92. The van der Waals surface area contributed by atoms with Gasteiger partial charge in [-0.1, -0.05) is 35.4 Å². The van der Waals surface area contributed by atoms with Crippen LogP contribution < -0.4 is 0 Å². The average Bonchev–Trinajstić information content (AvgIpc) is 2.34. The van der Waals surface area contributed by atoms with Gasteiger partial charge in [0.25, 0.3) is 5.67 Å². The smallest absolute Gasteiger partial charge is 0.367 e. The number of rotatable bonds is 9. The van der Waals surface area contributed by atoms with E-state index in [0.29, 0.717) is 6.42 Å². The Labute approximate surface area is 137 Å². The quantitative estimate of drug-likeness (QED) is 0.176. The van der Waals surface area contributed by atoms with Crippen LogP contribution in [-0.4, -0.2) is 39.9 Å². The Morgan fingerprint density at radius 2 is 1.36 bits per heavy atom. The molecule has 10 heteroatoms. The standard InChI is InChI=1S/C12H18F7IO2/c1-8(20)9(21)22-7-5-3-2-4-6-10(13,11(14,15)16)12(17,18)19/h8-9,21H,2-7H2,1H3. The molecule has 0 aromatic rings. The van der Waals surface area contributed by atoms with Gasteiger partial charge < -0.3 is 9.84 Å². The van der Waals surface area contributed by atoms with Gasteiger partial charge in [-0.25, -0.2) is 4.39 Å². The number of hydrogen-bond donors (Lipinski definition) is 1. The number of unbranched alkanes of at least 4 members (excludes halogenated alkanes) is 3. The van der Waals surface area contributed by atoms with Crippen LogP contribution in [0.2, 0.25) is 0 Å². The van der Waals surface area contributed by atoms with E-state index >= 15 is 0 Å². The summed E-state index contributed by atoms with van der Waals surface area (Å²) < 4.78 is 91.6. The van der Waals surface area contributed by atoms with E-state index in [4.69, 9.17) is 4.74 Å². The molecule has 0 aliphatic carbocycles. The maximum atomic E-state index is 13.3. The summed E-state index contributed by atoms with van der Waals surface area (Å²) in [5.74, 6) is 0. The lowest BCUT2D eigenvalue weighted by Gasteiger charge is -2.29. The lowest BCUT2D eigenvalue weighted by atomic mass is 9.96. The van der Waals surface area contributed by atoms with E-state index in [2.05, 4.69) is 0 Å². The van der Waals surface area contributed by atoms with Gasteiger partial charge in [-0.15, -0.1) is 0 Å². The molecule has 2 unspecified atom stereocenters. The molecule has 134 valence electrons. The molecule has 2 nitrogen and oxygen atoms in total. The number of aliphatic hydroxyl groups is 1. The zero-order valence-electron chi connectivity index (χ0n) is 11.8. The van der Waals surface area contributed by atoms with Crippen molar-refractivity contribution in [2.75, 3.05) is 6.61 Å². The summed E-state index contributed by atoms with van der Waals surface area (Å²) in [6.07, 6.45) is -14.5. The third-order valence-corrected chi connectivity index (χ3v) is 3.61. The number of aliphatic hydroxyl groups excluding tert-OH is 1. The fourth-order valence-electron chi connectivity index (χ4n) is 1.61. The summed E-state index contributed by atoms with van der Waals surface area (Å²) in [7, 11) is 0. The first-order valence-corrected chi connectivity index (χ1v) is 7.83. The van der Waals surface area contributed by atoms with Crippen molar-refractivity contribution in [3.8, 4) is 0 Å². The summed E-state index contributed by atoms with van der Waals surface area (Å²) in [6.45, 7) is 1.84. The molecule has 0 fully saturated rings. The first kappa shape index (κ1) is 22.2. The van der Waals surface area contributed by atoms with Crippen molar-refractivity contribution in [1.29, 1.82) is 0 Å². The largest absolute Gasteiger partial charge is 0.431 e. The second-order valence-corrected chi connectivity index (χ2v) is 6.86. The molecule has 0 aliphatic heterocycles. The predicted octanol–water partition coefficient (Wildman–Crippen LogP) is 4.93. The van der Waals surface area contributed by atoms with Crippen molar-refractivity contribution in [2.45, 2.75) is 67.3 Å². The van der Waals surface area contributed by atoms with Gasteiger partial charge in [-0.2, -0.15) is 26.3 Å². The molecule has 0 aliphatic rings. The minimum Gasteiger partial charge on any atom is -0.367 e. The van der Waals surface area contributed by atoms with Crippen molar-refractivity contribution < 1.29 is 40.6 Å². The highest BCUT2D eigenvalue weighted by Crippen LogP contribution is 2.49. The highest BCUT2D eigenvalue weighted by Gasteiger charge is 2.71. The van der Waals surface area contributed by atoms with Gasteiger partial charge in [0, 0.05) is 6.61 Å². The summed E-state index contributed by atoms with van der Waals surface area (Å²) in [4.78, 5) is 0. The van der Waals surface area contributed by atoms with E-state index in [1.165, 1.54) is 0 Å². The van der Waals surface area contributed by atoms with E-state index in [1.807, 2.05) is 22.6 Å². The zero-order chi connectivity index (χ0) is 17.6.